The van der Waals surface area contributed by atoms with Crippen LogP contribution in [0.5, 0.6) is 0 Å². The molecule has 1 N–H and O–H groups in total. The maximum atomic E-state index is 10.7. The first-order chi connectivity index (χ1) is 9.58. The second-order valence-electron chi connectivity index (χ2n) is 4.64. The molecule has 0 aliphatic carbocycles. The van der Waals surface area contributed by atoms with Crippen molar-refractivity contribution in [2.75, 3.05) is 0 Å². The van der Waals surface area contributed by atoms with E-state index in [1.165, 1.54) is 5.56 Å². The van der Waals surface area contributed by atoms with Gasteiger partial charge in [-0.1, -0.05) is 37.6 Å². The molecule has 0 atom stereocenters. The average Bonchev–Trinajstić information content (AvgIpc) is 2.38. The standard InChI is InChI=1S/C15H17N3O2/c1-3-4-11-5-7-12(8-6-11)15-17-10(2)16-13(18-15)9-14(19)20/h5-8H,3-4,9H2,1-2H3,(H,19,20). The fourth-order valence-corrected chi connectivity index (χ4v) is 1.99. The van der Waals surface area contributed by atoms with Crippen molar-refractivity contribution in [1.82, 2.24) is 15.0 Å². The summed E-state index contributed by atoms with van der Waals surface area (Å²) in [6.07, 6.45) is 1.96. The van der Waals surface area contributed by atoms with Crippen LogP contribution in [0.1, 0.15) is 30.6 Å². The van der Waals surface area contributed by atoms with Crippen LogP contribution < -0.4 is 0 Å². The van der Waals surface area contributed by atoms with Gasteiger partial charge in [-0.25, -0.2) is 15.0 Å². The highest BCUT2D eigenvalue weighted by Crippen LogP contribution is 2.16. The Morgan fingerprint density at radius 3 is 2.45 bits per heavy atom. The van der Waals surface area contributed by atoms with E-state index in [0.29, 0.717) is 11.6 Å². The molecule has 1 aromatic carbocycles. The van der Waals surface area contributed by atoms with Gasteiger partial charge in [-0.2, -0.15) is 0 Å². The van der Waals surface area contributed by atoms with Crippen LogP contribution in [0.25, 0.3) is 11.4 Å². The predicted molar refractivity (Wildman–Crippen MR) is 75.3 cm³/mol. The molecule has 1 heterocycles. The maximum absolute atomic E-state index is 10.7. The summed E-state index contributed by atoms with van der Waals surface area (Å²) in [5.41, 5.74) is 2.15. The lowest BCUT2D eigenvalue weighted by molar-refractivity contribution is -0.136. The highest BCUT2D eigenvalue weighted by Gasteiger charge is 2.09. The normalized spacial score (nSPS) is 10.5. The molecular formula is C15H17N3O2. The van der Waals surface area contributed by atoms with Crippen molar-refractivity contribution in [3.63, 3.8) is 0 Å². The minimum atomic E-state index is -0.945. The van der Waals surface area contributed by atoms with Gasteiger partial charge >= 0.3 is 5.97 Å². The zero-order valence-electron chi connectivity index (χ0n) is 11.6. The molecule has 0 spiro atoms. The molecule has 0 saturated heterocycles. The first kappa shape index (κ1) is 14.1. The molecule has 2 rings (SSSR count). The predicted octanol–water partition coefficient (Wildman–Crippen LogP) is 2.43. The zero-order chi connectivity index (χ0) is 14.5. The van der Waals surface area contributed by atoms with Crippen LogP contribution in [-0.2, 0) is 17.6 Å². The fraction of sp³-hybridized carbons (Fsp3) is 0.333. The highest BCUT2D eigenvalue weighted by atomic mass is 16.4. The third-order valence-corrected chi connectivity index (χ3v) is 2.85. The second kappa shape index (κ2) is 6.23. The Bertz CT molecular complexity index is 609. The van der Waals surface area contributed by atoms with E-state index >= 15 is 0 Å². The van der Waals surface area contributed by atoms with Crippen LogP contribution in [0.15, 0.2) is 24.3 Å². The van der Waals surface area contributed by atoms with Crippen LogP contribution in [0.3, 0.4) is 0 Å². The van der Waals surface area contributed by atoms with Gasteiger partial charge in [0.25, 0.3) is 0 Å². The summed E-state index contributed by atoms with van der Waals surface area (Å²) in [6.45, 7) is 3.88. The summed E-state index contributed by atoms with van der Waals surface area (Å²) in [5, 5.41) is 8.81. The molecule has 2 aromatic rings. The molecule has 0 saturated carbocycles. The molecule has 0 aliphatic heterocycles. The van der Waals surface area contributed by atoms with E-state index < -0.39 is 5.97 Å². The number of rotatable bonds is 5. The molecule has 104 valence electrons. The number of nitrogens with zero attached hydrogens (tertiary/aromatic N) is 3. The van der Waals surface area contributed by atoms with Gasteiger partial charge in [0.05, 0.1) is 0 Å². The molecular weight excluding hydrogens is 254 g/mol. The first-order valence-corrected chi connectivity index (χ1v) is 6.61. The van der Waals surface area contributed by atoms with Crippen molar-refractivity contribution in [1.29, 1.82) is 0 Å². The number of carboxylic acid groups (broad SMARTS) is 1. The van der Waals surface area contributed by atoms with E-state index in [-0.39, 0.29) is 12.2 Å². The van der Waals surface area contributed by atoms with E-state index in [2.05, 4.69) is 34.0 Å². The van der Waals surface area contributed by atoms with Gasteiger partial charge in [0.1, 0.15) is 18.1 Å². The SMILES string of the molecule is CCCc1ccc(-c2nc(C)nc(CC(=O)O)n2)cc1. The summed E-state index contributed by atoms with van der Waals surface area (Å²) in [6, 6.07) is 8.03. The van der Waals surface area contributed by atoms with Crippen molar-refractivity contribution in [3.05, 3.63) is 41.5 Å². The summed E-state index contributed by atoms with van der Waals surface area (Å²) in [4.78, 5) is 23.3. The number of carbonyl (C=O) groups is 1. The Kier molecular flexibility index (Phi) is 4.40. The molecule has 5 heteroatoms. The van der Waals surface area contributed by atoms with Gasteiger partial charge in [-0.3, -0.25) is 4.79 Å². The van der Waals surface area contributed by atoms with Crippen LogP contribution >= 0.6 is 0 Å². The van der Waals surface area contributed by atoms with E-state index in [0.717, 1.165) is 18.4 Å². The molecule has 0 amide bonds. The lowest BCUT2D eigenvalue weighted by atomic mass is 10.1. The summed E-state index contributed by atoms with van der Waals surface area (Å²) in [5.74, 6) is 0.401. The van der Waals surface area contributed by atoms with Crippen molar-refractivity contribution in [2.24, 2.45) is 0 Å². The Morgan fingerprint density at radius 1 is 1.15 bits per heavy atom. The molecule has 20 heavy (non-hydrogen) atoms. The fourth-order valence-electron chi connectivity index (χ4n) is 1.99. The van der Waals surface area contributed by atoms with Crippen molar-refractivity contribution < 1.29 is 9.90 Å². The molecule has 0 unspecified atom stereocenters. The number of carboxylic acids is 1. The largest absolute Gasteiger partial charge is 0.481 e. The van der Waals surface area contributed by atoms with E-state index in [4.69, 9.17) is 5.11 Å². The summed E-state index contributed by atoms with van der Waals surface area (Å²) in [7, 11) is 0. The lowest BCUT2D eigenvalue weighted by Crippen LogP contribution is -2.08. The minimum Gasteiger partial charge on any atom is -0.481 e. The number of aliphatic carboxylic acids is 1. The number of aromatic nitrogens is 3. The third-order valence-electron chi connectivity index (χ3n) is 2.85. The Labute approximate surface area is 117 Å². The van der Waals surface area contributed by atoms with Crippen molar-refractivity contribution >= 4 is 5.97 Å². The first-order valence-electron chi connectivity index (χ1n) is 6.61. The molecule has 0 bridgehead atoms. The van der Waals surface area contributed by atoms with Crippen LogP contribution in [0.4, 0.5) is 0 Å². The van der Waals surface area contributed by atoms with E-state index in [1.54, 1.807) is 6.92 Å². The number of hydrogen-bond donors (Lipinski definition) is 1. The van der Waals surface area contributed by atoms with Gasteiger partial charge < -0.3 is 5.11 Å². The maximum Gasteiger partial charge on any atom is 0.311 e. The Morgan fingerprint density at radius 2 is 1.85 bits per heavy atom. The van der Waals surface area contributed by atoms with E-state index in [1.807, 2.05) is 12.1 Å². The number of hydrogen-bond acceptors (Lipinski definition) is 4. The summed E-state index contributed by atoms with van der Waals surface area (Å²) >= 11 is 0. The Hall–Kier alpha value is -2.30. The molecule has 0 fully saturated rings. The van der Waals surface area contributed by atoms with Crippen LogP contribution in [0, 0.1) is 6.92 Å². The van der Waals surface area contributed by atoms with Gasteiger partial charge in [0.15, 0.2) is 5.82 Å². The quantitative estimate of drug-likeness (QED) is 0.903. The number of aryl methyl sites for hydroxylation is 2. The van der Waals surface area contributed by atoms with E-state index in [9.17, 15) is 4.79 Å². The van der Waals surface area contributed by atoms with Crippen molar-refractivity contribution in [3.8, 4) is 11.4 Å². The molecule has 0 aliphatic rings. The summed E-state index contributed by atoms with van der Waals surface area (Å²) < 4.78 is 0. The second-order valence-corrected chi connectivity index (χ2v) is 4.64. The average molecular weight is 271 g/mol. The molecule has 5 nitrogen and oxygen atoms in total. The smallest absolute Gasteiger partial charge is 0.311 e. The molecule has 0 radical (unpaired) electrons. The molecule has 1 aromatic heterocycles. The minimum absolute atomic E-state index is 0.190. The lowest BCUT2D eigenvalue weighted by Gasteiger charge is -2.05. The van der Waals surface area contributed by atoms with Crippen molar-refractivity contribution in [2.45, 2.75) is 33.1 Å². The Balaban J connectivity index is 2.31. The van der Waals surface area contributed by atoms with Gasteiger partial charge in [-0.15, -0.1) is 0 Å². The van der Waals surface area contributed by atoms with Crippen LogP contribution in [0.2, 0.25) is 0 Å². The third kappa shape index (κ3) is 3.60. The number of benzene rings is 1. The van der Waals surface area contributed by atoms with Crippen LogP contribution in [-0.4, -0.2) is 26.0 Å². The van der Waals surface area contributed by atoms with Gasteiger partial charge in [-0.05, 0) is 18.9 Å². The topological polar surface area (TPSA) is 76.0 Å². The monoisotopic (exact) mass is 271 g/mol. The zero-order valence-corrected chi connectivity index (χ0v) is 11.6. The van der Waals surface area contributed by atoms with Gasteiger partial charge in [0.2, 0.25) is 0 Å². The van der Waals surface area contributed by atoms with Gasteiger partial charge in [0, 0.05) is 5.56 Å². The highest BCUT2D eigenvalue weighted by molar-refractivity contribution is 5.69.